The molecule has 0 N–H and O–H groups in total. The van der Waals surface area contributed by atoms with Crippen LogP contribution in [0.15, 0.2) is 6.20 Å². The van der Waals surface area contributed by atoms with Crippen molar-refractivity contribution < 1.29 is 27.4 Å². The molecule has 5 nitrogen and oxygen atoms in total. The lowest BCUT2D eigenvalue weighted by Crippen LogP contribution is -2.18. The molecule has 0 atom stereocenters. The Morgan fingerprint density at radius 3 is 2.71 bits per heavy atom. The summed E-state index contributed by atoms with van der Waals surface area (Å²) in [5, 5.41) is 0. The molecule has 21 heavy (non-hydrogen) atoms. The van der Waals surface area contributed by atoms with E-state index in [0.29, 0.717) is 5.69 Å². The summed E-state index contributed by atoms with van der Waals surface area (Å²) in [6, 6.07) is 0. The van der Waals surface area contributed by atoms with Gasteiger partial charge >= 0.3 is 12.1 Å². The van der Waals surface area contributed by atoms with Crippen molar-refractivity contribution in [1.82, 2.24) is 9.97 Å². The second-order valence-corrected chi connectivity index (χ2v) is 4.69. The molecule has 8 heteroatoms. The summed E-state index contributed by atoms with van der Waals surface area (Å²) in [6.07, 6.45) is -1.30. The average molecular weight is 304 g/mol. The maximum Gasteiger partial charge on any atom is 0.411 e. The number of halogens is 3. The third-order valence-electron chi connectivity index (χ3n) is 2.82. The molecule has 0 bridgehead atoms. The molecule has 1 aliphatic carbocycles. The summed E-state index contributed by atoms with van der Waals surface area (Å²) in [4.78, 5) is 19.8. The Balaban J connectivity index is 2.07. The standard InChI is InChI=1S/C13H15F3N2O3/c1-2-21-12(19)9-5-17-10(6-20-7-13(14,15)16)18-11(9)8-3-4-8/h5,8H,2-4,6-7H2,1H3. The van der Waals surface area contributed by atoms with Crippen LogP contribution in [-0.2, 0) is 16.1 Å². The van der Waals surface area contributed by atoms with Gasteiger partial charge in [0.25, 0.3) is 0 Å². The summed E-state index contributed by atoms with van der Waals surface area (Å²) in [5.41, 5.74) is 0.813. The molecule has 116 valence electrons. The first-order valence-corrected chi connectivity index (χ1v) is 6.58. The number of carbonyl (C=O) groups is 1. The number of esters is 1. The summed E-state index contributed by atoms with van der Waals surface area (Å²) < 4.78 is 45.4. The monoisotopic (exact) mass is 304 g/mol. The second kappa shape index (κ2) is 6.38. The molecular formula is C13H15F3N2O3. The van der Waals surface area contributed by atoms with Crippen molar-refractivity contribution in [3.8, 4) is 0 Å². The van der Waals surface area contributed by atoms with Crippen molar-refractivity contribution in [3.05, 3.63) is 23.3 Å². The lowest BCUT2D eigenvalue weighted by molar-refractivity contribution is -0.177. The highest BCUT2D eigenvalue weighted by Crippen LogP contribution is 2.40. The molecule has 2 rings (SSSR count). The smallest absolute Gasteiger partial charge is 0.411 e. The predicted octanol–water partition coefficient (Wildman–Crippen LogP) is 2.61. The maximum atomic E-state index is 12.0. The van der Waals surface area contributed by atoms with E-state index in [0.717, 1.165) is 12.8 Å². The van der Waals surface area contributed by atoms with Crippen LogP contribution < -0.4 is 0 Å². The topological polar surface area (TPSA) is 61.3 Å². The Morgan fingerprint density at radius 2 is 2.14 bits per heavy atom. The van der Waals surface area contributed by atoms with Gasteiger partial charge in [0.15, 0.2) is 5.82 Å². The molecule has 0 spiro atoms. The summed E-state index contributed by atoms with van der Waals surface area (Å²) in [7, 11) is 0. The van der Waals surface area contributed by atoms with Crippen LogP contribution >= 0.6 is 0 Å². The van der Waals surface area contributed by atoms with Gasteiger partial charge in [0.2, 0.25) is 0 Å². The first-order valence-electron chi connectivity index (χ1n) is 6.58. The maximum absolute atomic E-state index is 12.0. The Kier molecular flexibility index (Phi) is 4.76. The third kappa shape index (κ3) is 4.66. The quantitative estimate of drug-likeness (QED) is 0.756. The first-order chi connectivity index (χ1) is 9.90. The zero-order chi connectivity index (χ0) is 15.5. The first kappa shape index (κ1) is 15.7. The number of hydrogen-bond donors (Lipinski definition) is 0. The van der Waals surface area contributed by atoms with E-state index in [2.05, 4.69) is 14.7 Å². The second-order valence-electron chi connectivity index (χ2n) is 4.69. The van der Waals surface area contributed by atoms with E-state index in [1.165, 1.54) is 6.20 Å². The fraction of sp³-hybridized carbons (Fsp3) is 0.615. The van der Waals surface area contributed by atoms with Crippen molar-refractivity contribution in [2.75, 3.05) is 13.2 Å². The van der Waals surface area contributed by atoms with Crippen LogP contribution in [0.3, 0.4) is 0 Å². The van der Waals surface area contributed by atoms with Crippen molar-refractivity contribution >= 4 is 5.97 Å². The molecule has 0 radical (unpaired) electrons. The zero-order valence-corrected chi connectivity index (χ0v) is 11.4. The van der Waals surface area contributed by atoms with Gasteiger partial charge in [-0.05, 0) is 19.8 Å². The van der Waals surface area contributed by atoms with E-state index in [1.54, 1.807) is 6.92 Å². The number of carbonyl (C=O) groups excluding carboxylic acids is 1. The van der Waals surface area contributed by atoms with E-state index in [4.69, 9.17) is 4.74 Å². The molecule has 1 aromatic rings. The van der Waals surface area contributed by atoms with Crippen molar-refractivity contribution in [1.29, 1.82) is 0 Å². The predicted molar refractivity (Wildman–Crippen MR) is 65.7 cm³/mol. The van der Waals surface area contributed by atoms with Crippen molar-refractivity contribution in [2.24, 2.45) is 0 Å². The van der Waals surface area contributed by atoms with Gasteiger partial charge < -0.3 is 9.47 Å². The molecule has 1 saturated carbocycles. The van der Waals surface area contributed by atoms with Crippen LogP contribution in [0, 0.1) is 0 Å². The van der Waals surface area contributed by atoms with E-state index in [1.807, 2.05) is 0 Å². The molecule has 1 heterocycles. The van der Waals surface area contributed by atoms with Gasteiger partial charge in [0.05, 0.1) is 17.9 Å². The normalized spacial score (nSPS) is 15.0. The van der Waals surface area contributed by atoms with Crippen LogP contribution in [0.1, 0.15) is 47.6 Å². The number of alkyl halides is 3. The highest BCUT2D eigenvalue weighted by Gasteiger charge is 2.31. The van der Waals surface area contributed by atoms with Crippen molar-refractivity contribution in [3.63, 3.8) is 0 Å². The van der Waals surface area contributed by atoms with Crippen LogP contribution in [0.25, 0.3) is 0 Å². The third-order valence-corrected chi connectivity index (χ3v) is 2.82. The van der Waals surface area contributed by atoms with Crippen LogP contribution in [0.2, 0.25) is 0 Å². The lowest BCUT2D eigenvalue weighted by atomic mass is 10.1. The Hall–Kier alpha value is -1.70. The fourth-order valence-corrected chi connectivity index (χ4v) is 1.80. The molecule has 1 aromatic heterocycles. The van der Waals surface area contributed by atoms with Crippen LogP contribution in [-0.4, -0.2) is 35.3 Å². The molecule has 0 saturated heterocycles. The van der Waals surface area contributed by atoms with Gasteiger partial charge in [-0.3, -0.25) is 0 Å². The van der Waals surface area contributed by atoms with Gasteiger partial charge in [-0.2, -0.15) is 13.2 Å². The highest BCUT2D eigenvalue weighted by atomic mass is 19.4. The Morgan fingerprint density at radius 1 is 1.43 bits per heavy atom. The van der Waals surface area contributed by atoms with Crippen LogP contribution in [0.5, 0.6) is 0 Å². The largest absolute Gasteiger partial charge is 0.462 e. The summed E-state index contributed by atoms with van der Waals surface area (Å²) >= 11 is 0. The van der Waals surface area contributed by atoms with E-state index < -0.39 is 18.8 Å². The summed E-state index contributed by atoms with van der Waals surface area (Å²) in [5.74, 6) is -0.231. The minimum absolute atomic E-state index is 0.134. The molecule has 0 aliphatic heterocycles. The molecule has 0 unspecified atom stereocenters. The van der Waals surface area contributed by atoms with Gasteiger partial charge in [-0.25, -0.2) is 14.8 Å². The van der Waals surface area contributed by atoms with E-state index in [9.17, 15) is 18.0 Å². The number of rotatable bonds is 6. The van der Waals surface area contributed by atoms with Gasteiger partial charge in [-0.1, -0.05) is 0 Å². The van der Waals surface area contributed by atoms with Gasteiger partial charge in [-0.15, -0.1) is 0 Å². The zero-order valence-electron chi connectivity index (χ0n) is 11.4. The Labute approximate surface area is 119 Å². The molecule has 0 aromatic carbocycles. The molecule has 1 fully saturated rings. The van der Waals surface area contributed by atoms with E-state index in [-0.39, 0.29) is 30.5 Å². The number of hydrogen-bond acceptors (Lipinski definition) is 5. The minimum atomic E-state index is -4.38. The summed E-state index contributed by atoms with van der Waals surface area (Å²) in [6.45, 7) is 0.228. The molecule has 1 aliphatic rings. The number of nitrogens with zero attached hydrogens (tertiary/aromatic N) is 2. The van der Waals surface area contributed by atoms with Gasteiger partial charge in [0.1, 0.15) is 13.2 Å². The Bertz CT molecular complexity index is 516. The van der Waals surface area contributed by atoms with E-state index >= 15 is 0 Å². The fourth-order valence-electron chi connectivity index (χ4n) is 1.80. The van der Waals surface area contributed by atoms with Gasteiger partial charge in [0, 0.05) is 12.1 Å². The number of aromatic nitrogens is 2. The number of ether oxygens (including phenoxy) is 2. The molecule has 0 amide bonds. The highest BCUT2D eigenvalue weighted by molar-refractivity contribution is 5.90. The lowest BCUT2D eigenvalue weighted by Gasteiger charge is -2.10. The average Bonchev–Trinajstić information content (AvgIpc) is 3.21. The van der Waals surface area contributed by atoms with Crippen LogP contribution in [0.4, 0.5) is 13.2 Å². The minimum Gasteiger partial charge on any atom is -0.462 e. The molecular weight excluding hydrogens is 289 g/mol. The van der Waals surface area contributed by atoms with Crippen molar-refractivity contribution in [2.45, 2.75) is 38.5 Å². The SMILES string of the molecule is CCOC(=O)c1cnc(COCC(F)(F)F)nc1C1CC1.